The number of nitrogens with zero attached hydrogens (tertiary/aromatic N) is 3. The summed E-state index contributed by atoms with van der Waals surface area (Å²) in [4.78, 5) is 13.3. The summed E-state index contributed by atoms with van der Waals surface area (Å²) in [6, 6.07) is 18.4. The van der Waals surface area contributed by atoms with Crippen molar-refractivity contribution >= 4 is 32.2 Å². The third kappa shape index (κ3) is 5.70. The average molecular weight is 559 g/mol. The topological polar surface area (TPSA) is 146 Å². The summed E-state index contributed by atoms with van der Waals surface area (Å²) in [5, 5.41) is 13.6. The lowest BCUT2D eigenvalue weighted by atomic mass is 10.2. The molecule has 0 saturated carbocycles. The minimum absolute atomic E-state index is 0.0168. The van der Waals surface area contributed by atoms with Gasteiger partial charge in [0.25, 0.3) is 5.91 Å². The number of phenolic OH excluding ortho intramolecular Hbond substituents is 1. The van der Waals surface area contributed by atoms with Crippen molar-refractivity contribution in [2.45, 2.75) is 15.8 Å². The molecule has 1 heterocycles. The average Bonchev–Trinajstić information content (AvgIpc) is 2.94. The molecule has 0 spiro atoms. The Bertz CT molecular complexity index is 1530. The van der Waals surface area contributed by atoms with Gasteiger partial charge >= 0.3 is 0 Å². The molecule has 0 bridgehead atoms. The van der Waals surface area contributed by atoms with Crippen LogP contribution in [0.2, 0.25) is 0 Å². The molecule has 1 aliphatic rings. The van der Waals surface area contributed by atoms with E-state index in [0.29, 0.717) is 5.56 Å². The van der Waals surface area contributed by atoms with Crippen LogP contribution in [0.4, 0.5) is 0 Å². The number of sulfonamides is 2. The van der Waals surface area contributed by atoms with Crippen molar-refractivity contribution in [3.05, 3.63) is 84.4 Å². The summed E-state index contributed by atoms with van der Waals surface area (Å²) in [6.07, 6.45) is 1.29. The van der Waals surface area contributed by atoms with Crippen LogP contribution in [0.3, 0.4) is 0 Å². The minimum Gasteiger partial charge on any atom is -0.504 e. The molecule has 3 aromatic carbocycles. The van der Waals surface area contributed by atoms with Crippen LogP contribution in [0.1, 0.15) is 5.56 Å². The number of methoxy groups -OCH3 is 1. The molecule has 0 aromatic heterocycles. The van der Waals surface area contributed by atoms with E-state index in [1.54, 1.807) is 36.4 Å². The second-order valence-electron chi connectivity index (χ2n) is 8.29. The van der Waals surface area contributed by atoms with E-state index in [-0.39, 0.29) is 34.4 Å². The highest BCUT2D eigenvalue weighted by Crippen LogP contribution is 2.26. The number of rotatable bonds is 8. The van der Waals surface area contributed by atoms with E-state index in [2.05, 4.69) is 10.5 Å². The molecule has 1 aliphatic heterocycles. The maximum Gasteiger partial charge on any atom is 0.259 e. The Labute approximate surface area is 221 Å². The van der Waals surface area contributed by atoms with E-state index in [4.69, 9.17) is 4.74 Å². The molecule has 1 saturated heterocycles. The predicted octanol–water partition coefficient (Wildman–Crippen LogP) is 1.61. The zero-order valence-corrected chi connectivity index (χ0v) is 22.0. The fourth-order valence-electron chi connectivity index (χ4n) is 3.95. The summed E-state index contributed by atoms with van der Waals surface area (Å²) >= 11 is 0. The number of piperazine rings is 1. The van der Waals surface area contributed by atoms with Crippen molar-refractivity contribution < 1.29 is 31.5 Å². The van der Waals surface area contributed by atoms with Crippen LogP contribution in [-0.4, -0.2) is 75.5 Å². The monoisotopic (exact) mass is 558 g/mol. The Morgan fingerprint density at radius 1 is 0.947 bits per heavy atom. The molecule has 4 rings (SSSR count). The number of nitrogens with one attached hydrogen (secondary N) is 1. The Hall–Kier alpha value is -3.78. The molecule has 2 N–H and O–H groups in total. The number of hydrazone groups is 1. The quantitative estimate of drug-likeness (QED) is 0.316. The summed E-state index contributed by atoms with van der Waals surface area (Å²) < 4.78 is 60.5. The van der Waals surface area contributed by atoms with E-state index >= 15 is 0 Å². The lowest BCUT2D eigenvalue weighted by Gasteiger charge is -2.38. The molecule has 1 amide bonds. The van der Waals surface area contributed by atoms with Crippen LogP contribution in [0.15, 0.2) is 93.8 Å². The third-order valence-corrected chi connectivity index (χ3v) is 9.72. The van der Waals surface area contributed by atoms with Crippen LogP contribution in [0.5, 0.6) is 11.5 Å². The largest absolute Gasteiger partial charge is 0.504 e. The van der Waals surface area contributed by atoms with Gasteiger partial charge in [0.1, 0.15) is 6.04 Å². The molecule has 3 aromatic rings. The Kier molecular flexibility index (Phi) is 8.11. The molecule has 0 aliphatic carbocycles. The maximum absolute atomic E-state index is 13.4. The molecule has 1 atom stereocenters. The normalized spacial score (nSPS) is 17.3. The van der Waals surface area contributed by atoms with Gasteiger partial charge in [-0.25, -0.2) is 22.3 Å². The number of ether oxygens (including phenoxy) is 1. The van der Waals surface area contributed by atoms with Crippen LogP contribution < -0.4 is 10.2 Å². The van der Waals surface area contributed by atoms with Crippen LogP contribution in [0.25, 0.3) is 0 Å². The number of hydrogen-bond acceptors (Lipinski definition) is 8. The molecule has 0 unspecified atom stereocenters. The second kappa shape index (κ2) is 11.3. The predicted molar refractivity (Wildman–Crippen MR) is 140 cm³/mol. The number of carbonyl (C=O) groups excluding carboxylic acids is 1. The van der Waals surface area contributed by atoms with Gasteiger partial charge in [0.2, 0.25) is 20.0 Å². The van der Waals surface area contributed by atoms with Crippen molar-refractivity contribution in [2.75, 3.05) is 26.7 Å². The van der Waals surface area contributed by atoms with E-state index in [0.717, 1.165) is 8.61 Å². The first-order valence-corrected chi connectivity index (χ1v) is 14.3. The van der Waals surface area contributed by atoms with Gasteiger partial charge in [-0.3, -0.25) is 4.79 Å². The zero-order valence-electron chi connectivity index (χ0n) is 20.3. The smallest absolute Gasteiger partial charge is 0.259 e. The summed E-state index contributed by atoms with van der Waals surface area (Å²) in [5.74, 6) is -0.675. The van der Waals surface area contributed by atoms with Crippen molar-refractivity contribution in [1.29, 1.82) is 0 Å². The number of aromatic hydroxyl groups is 1. The lowest BCUT2D eigenvalue weighted by molar-refractivity contribution is -0.125. The van der Waals surface area contributed by atoms with Gasteiger partial charge in [-0.2, -0.15) is 13.7 Å². The SMILES string of the molecule is COc1cc(/C=N\NC(=O)[C@H]2CN(S(=O)(=O)c3ccccc3)CCN2S(=O)(=O)c2ccccc2)ccc1O. The van der Waals surface area contributed by atoms with Gasteiger partial charge in [-0.1, -0.05) is 36.4 Å². The van der Waals surface area contributed by atoms with Crippen molar-refractivity contribution in [1.82, 2.24) is 14.0 Å². The van der Waals surface area contributed by atoms with E-state index in [9.17, 15) is 26.7 Å². The fourth-order valence-corrected chi connectivity index (χ4v) is 7.00. The van der Waals surface area contributed by atoms with Gasteiger partial charge in [0.15, 0.2) is 11.5 Å². The van der Waals surface area contributed by atoms with E-state index in [1.165, 1.54) is 55.8 Å². The molecule has 38 heavy (non-hydrogen) atoms. The van der Waals surface area contributed by atoms with Gasteiger partial charge in [0, 0.05) is 19.6 Å². The number of hydrogen-bond donors (Lipinski definition) is 2. The minimum atomic E-state index is -4.13. The second-order valence-corrected chi connectivity index (χ2v) is 12.1. The molecular formula is C25H26N4O7S2. The molecule has 200 valence electrons. The van der Waals surface area contributed by atoms with Gasteiger partial charge in [-0.05, 0) is 48.0 Å². The highest BCUT2D eigenvalue weighted by atomic mass is 32.2. The van der Waals surface area contributed by atoms with Crippen molar-refractivity contribution in [2.24, 2.45) is 5.10 Å². The molecule has 1 fully saturated rings. The van der Waals surface area contributed by atoms with Crippen molar-refractivity contribution in [3.8, 4) is 11.5 Å². The van der Waals surface area contributed by atoms with E-state index < -0.39 is 38.5 Å². The maximum atomic E-state index is 13.4. The highest BCUT2D eigenvalue weighted by molar-refractivity contribution is 7.89. The molecule has 0 radical (unpaired) electrons. The lowest BCUT2D eigenvalue weighted by Crippen LogP contribution is -2.60. The Morgan fingerprint density at radius 3 is 2.16 bits per heavy atom. The Balaban J connectivity index is 1.62. The number of amides is 1. The third-order valence-electron chi connectivity index (χ3n) is 5.92. The summed E-state index contributed by atoms with van der Waals surface area (Å²) in [6.45, 7) is -0.776. The molecular weight excluding hydrogens is 532 g/mol. The van der Waals surface area contributed by atoms with Gasteiger partial charge in [0.05, 0.1) is 23.1 Å². The van der Waals surface area contributed by atoms with Crippen LogP contribution in [0, 0.1) is 0 Å². The zero-order chi connectivity index (χ0) is 27.3. The highest BCUT2D eigenvalue weighted by Gasteiger charge is 2.43. The number of benzene rings is 3. The standard InChI is InChI=1S/C25H26N4O7S2/c1-36-24-16-19(12-13-23(24)30)17-26-27-25(31)22-18-28(37(32,33)20-8-4-2-5-9-20)14-15-29(22)38(34,35)21-10-6-3-7-11-21/h2-13,16-17,22,30H,14-15,18H2,1H3,(H,27,31)/b26-17-/t22-/m1/s1. The number of phenols is 1. The Morgan fingerprint density at radius 2 is 1.55 bits per heavy atom. The first-order chi connectivity index (χ1) is 18.1. The first kappa shape index (κ1) is 27.3. The number of carbonyl (C=O) groups is 1. The van der Waals surface area contributed by atoms with Crippen molar-refractivity contribution in [3.63, 3.8) is 0 Å². The summed E-state index contributed by atoms with van der Waals surface area (Å²) in [7, 11) is -6.72. The first-order valence-electron chi connectivity index (χ1n) is 11.5. The molecule has 13 heteroatoms. The van der Waals surface area contributed by atoms with Gasteiger partial charge in [-0.15, -0.1) is 0 Å². The summed E-state index contributed by atoms with van der Waals surface area (Å²) in [5.41, 5.74) is 2.81. The fraction of sp³-hybridized carbons (Fsp3) is 0.200. The molecule has 11 nitrogen and oxygen atoms in total. The van der Waals surface area contributed by atoms with Crippen LogP contribution >= 0.6 is 0 Å². The van der Waals surface area contributed by atoms with Crippen LogP contribution in [-0.2, 0) is 24.8 Å². The van der Waals surface area contributed by atoms with Gasteiger partial charge < -0.3 is 9.84 Å². The van der Waals surface area contributed by atoms with E-state index in [1.807, 2.05) is 0 Å².